The van der Waals surface area contributed by atoms with Crippen LogP contribution in [0.15, 0.2) is 42.5 Å². The van der Waals surface area contributed by atoms with E-state index in [1.54, 1.807) is 36.1 Å². The number of hydrogen-bond donors (Lipinski definition) is 1. The van der Waals surface area contributed by atoms with E-state index in [0.29, 0.717) is 34.8 Å². The SMILES string of the molecule is COCCOc1nc(-c2ccc(Cl)c(Cl)c2)n(-c2ccc(N)cc2)n1. The lowest BCUT2D eigenvalue weighted by Gasteiger charge is -2.07. The van der Waals surface area contributed by atoms with Crippen molar-refractivity contribution >= 4 is 28.9 Å². The summed E-state index contributed by atoms with van der Waals surface area (Å²) in [7, 11) is 1.60. The number of nitrogens with two attached hydrogens (primary N) is 1. The smallest absolute Gasteiger partial charge is 0.336 e. The largest absolute Gasteiger partial charge is 0.460 e. The summed E-state index contributed by atoms with van der Waals surface area (Å²) in [6.45, 7) is 0.793. The molecule has 0 spiro atoms. The third-order valence-electron chi connectivity index (χ3n) is 3.42. The van der Waals surface area contributed by atoms with Gasteiger partial charge in [-0.25, -0.2) is 4.68 Å². The predicted octanol–water partition coefficient (Wildman–Crippen LogP) is 3.85. The van der Waals surface area contributed by atoms with Crippen molar-refractivity contribution in [3.05, 3.63) is 52.5 Å². The van der Waals surface area contributed by atoms with Gasteiger partial charge in [-0.2, -0.15) is 4.98 Å². The van der Waals surface area contributed by atoms with Crippen molar-refractivity contribution in [2.24, 2.45) is 0 Å². The van der Waals surface area contributed by atoms with Gasteiger partial charge in [-0.05, 0) is 42.5 Å². The van der Waals surface area contributed by atoms with Gasteiger partial charge in [-0.1, -0.05) is 23.2 Å². The zero-order chi connectivity index (χ0) is 17.8. The number of ether oxygens (including phenoxy) is 2. The number of anilines is 1. The van der Waals surface area contributed by atoms with Crippen molar-refractivity contribution < 1.29 is 9.47 Å². The Labute approximate surface area is 155 Å². The van der Waals surface area contributed by atoms with Gasteiger partial charge in [0, 0.05) is 18.4 Å². The van der Waals surface area contributed by atoms with Crippen molar-refractivity contribution in [3.63, 3.8) is 0 Å². The van der Waals surface area contributed by atoms with Crippen LogP contribution in [-0.2, 0) is 4.74 Å². The summed E-state index contributed by atoms with van der Waals surface area (Å²) in [6, 6.07) is 12.8. The molecule has 0 aliphatic rings. The van der Waals surface area contributed by atoms with Gasteiger partial charge in [0.15, 0.2) is 5.82 Å². The summed E-state index contributed by atoms with van der Waals surface area (Å²) in [5, 5.41) is 5.33. The highest BCUT2D eigenvalue weighted by atomic mass is 35.5. The number of aromatic nitrogens is 3. The van der Waals surface area contributed by atoms with Crippen LogP contribution in [0.1, 0.15) is 0 Å². The average molecular weight is 379 g/mol. The molecule has 0 aliphatic heterocycles. The summed E-state index contributed by atoms with van der Waals surface area (Å²) in [5.74, 6) is 0.579. The molecule has 0 saturated heterocycles. The molecule has 1 aromatic heterocycles. The van der Waals surface area contributed by atoms with Crippen LogP contribution in [0.3, 0.4) is 0 Å². The quantitative estimate of drug-likeness (QED) is 0.520. The van der Waals surface area contributed by atoms with E-state index in [2.05, 4.69) is 10.1 Å². The number of benzene rings is 2. The van der Waals surface area contributed by atoms with Gasteiger partial charge in [0.2, 0.25) is 0 Å². The molecule has 0 amide bonds. The molecule has 0 fully saturated rings. The van der Waals surface area contributed by atoms with E-state index in [-0.39, 0.29) is 6.01 Å². The van der Waals surface area contributed by atoms with Crippen LogP contribution < -0.4 is 10.5 Å². The van der Waals surface area contributed by atoms with E-state index >= 15 is 0 Å². The molecule has 0 atom stereocenters. The van der Waals surface area contributed by atoms with Crippen molar-refractivity contribution in [3.8, 4) is 23.1 Å². The van der Waals surface area contributed by atoms with Gasteiger partial charge in [0.25, 0.3) is 0 Å². The Kier molecular flexibility index (Phi) is 5.43. The van der Waals surface area contributed by atoms with Gasteiger partial charge in [0.05, 0.1) is 22.3 Å². The molecule has 8 heteroatoms. The molecule has 2 N–H and O–H groups in total. The third-order valence-corrected chi connectivity index (χ3v) is 4.16. The number of nitrogen functional groups attached to an aromatic ring is 1. The molecule has 3 aromatic rings. The van der Waals surface area contributed by atoms with Crippen LogP contribution in [0.2, 0.25) is 10.0 Å². The molecule has 0 aliphatic carbocycles. The maximum atomic E-state index is 6.14. The molecule has 6 nitrogen and oxygen atoms in total. The van der Waals surface area contributed by atoms with Crippen LogP contribution in [0.5, 0.6) is 6.01 Å². The Hall–Kier alpha value is -2.28. The molecule has 0 radical (unpaired) electrons. The van der Waals surface area contributed by atoms with Crippen LogP contribution in [0.25, 0.3) is 17.1 Å². The van der Waals surface area contributed by atoms with E-state index in [1.807, 2.05) is 18.2 Å². The fourth-order valence-corrected chi connectivity index (χ4v) is 2.49. The molecule has 130 valence electrons. The second kappa shape index (κ2) is 7.74. The number of hydrogen-bond acceptors (Lipinski definition) is 5. The van der Waals surface area contributed by atoms with Crippen molar-refractivity contribution in [1.82, 2.24) is 14.8 Å². The van der Waals surface area contributed by atoms with E-state index in [4.69, 9.17) is 38.4 Å². The van der Waals surface area contributed by atoms with Crippen LogP contribution >= 0.6 is 23.2 Å². The predicted molar refractivity (Wildman–Crippen MR) is 98.6 cm³/mol. The van der Waals surface area contributed by atoms with Crippen LogP contribution in [0.4, 0.5) is 5.69 Å². The third kappa shape index (κ3) is 4.04. The number of halogens is 2. The molecular weight excluding hydrogens is 363 g/mol. The highest BCUT2D eigenvalue weighted by Crippen LogP contribution is 2.30. The molecule has 25 heavy (non-hydrogen) atoms. The molecule has 0 bridgehead atoms. The first-order chi connectivity index (χ1) is 12.1. The molecule has 1 heterocycles. The minimum atomic E-state index is 0.245. The summed E-state index contributed by atoms with van der Waals surface area (Å²) in [6.07, 6.45) is 0. The van der Waals surface area contributed by atoms with Gasteiger partial charge in [0.1, 0.15) is 6.61 Å². The monoisotopic (exact) mass is 378 g/mol. The van der Waals surface area contributed by atoms with E-state index < -0.39 is 0 Å². The minimum absolute atomic E-state index is 0.245. The second-order valence-electron chi connectivity index (χ2n) is 5.19. The molecular formula is C17H16Cl2N4O2. The summed E-state index contributed by atoms with van der Waals surface area (Å²) >= 11 is 12.1. The van der Waals surface area contributed by atoms with Gasteiger partial charge in [-0.15, -0.1) is 5.10 Å². The zero-order valence-electron chi connectivity index (χ0n) is 13.4. The molecule has 2 aromatic carbocycles. The summed E-state index contributed by atoms with van der Waals surface area (Å²) < 4.78 is 12.2. The fourth-order valence-electron chi connectivity index (χ4n) is 2.19. The van der Waals surface area contributed by atoms with Crippen molar-refractivity contribution in [1.29, 1.82) is 0 Å². The zero-order valence-corrected chi connectivity index (χ0v) is 15.0. The summed E-state index contributed by atoms with van der Waals surface area (Å²) in [4.78, 5) is 4.46. The molecule has 3 rings (SSSR count). The van der Waals surface area contributed by atoms with E-state index in [0.717, 1.165) is 11.3 Å². The van der Waals surface area contributed by atoms with Crippen LogP contribution in [0, 0.1) is 0 Å². The van der Waals surface area contributed by atoms with Gasteiger partial charge >= 0.3 is 6.01 Å². The topological polar surface area (TPSA) is 75.2 Å². The second-order valence-corrected chi connectivity index (χ2v) is 6.01. The van der Waals surface area contributed by atoms with Crippen molar-refractivity contribution in [2.75, 3.05) is 26.1 Å². The van der Waals surface area contributed by atoms with E-state index in [9.17, 15) is 0 Å². The maximum absolute atomic E-state index is 6.14. The highest BCUT2D eigenvalue weighted by molar-refractivity contribution is 6.42. The minimum Gasteiger partial charge on any atom is -0.460 e. The highest BCUT2D eigenvalue weighted by Gasteiger charge is 2.15. The van der Waals surface area contributed by atoms with Gasteiger partial charge in [-0.3, -0.25) is 0 Å². The number of methoxy groups -OCH3 is 1. The van der Waals surface area contributed by atoms with E-state index in [1.165, 1.54) is 0 Å². The Bertz CT molecular complexity index is 866. The Morgan fingerprint density at radius 2 is 1.80 bits per heavy atom. The van der Waals surface area contributed by atoms with Crippen LogP contribution in [-0.4, -0.2) is 35.1 Å². The first kappa shape index (κ1) is 17.5. The molecule has 0 saturated carbocycles. The Morgan fingerprint density at radius 3 is 2.48 bits per heavy atom. The Balaban J connectivity index is 2.04. The van der Waals surface area contributed by atoms with Gasteiger partial charge < -0.3 is 15.2 Å². The lowest BCUT2D eigenvalue weighted by Crippen LogP contribution is -2.05. The molecule has 0 unspecified atom stereocenters. The fraction of sp³-hybridized carbons (Fsp3) is 0.176. The lowest BCUT2D eigenvalue weighted by atomic mass is 10.2. The number of rotatable bonds is 6. The standard InChI is InChI=1S/C17H16Cl2N4O2/c1-24-8-9-25-17-21-16(11-2-7-14(18)15(19)10-11)23(22-17)13-5-3-12(20)4-6-13/h2-7,10H,8-9,20H2,1H3. The summed E-state index contributed by atoms with van der Waals surface area (Å²) in [5.41, 5.74) is 7.98. The maximum Gasteiger partial charge on any atom is 0.336 e. The normalized spacial score (nSPS) is 10.8. The number of nitrogens with zero attached hydrogens (tertiary/aromatic N) is 3. The lowest BCUT2D eigenvalue weighted by molar-refractivity contribution is 0.141. The first-order valence-electron chi connectivity index (χ1n) is 7.48. The first-order valence-corrected chi connectivity index (χ1v) is 8.24. The average Bonchev–Trinajstić information content (AvgIpc) is 3.02. The van der Waals surface area contributed by atoms with Crippen molar-refractivity contribution in [2.45, 2.75) is 0 Å². The Morgan fingerprint density at radius 1 is 1.04 bits per heavy atom.